The number of ketones is 1. The smallest absolute Gasteiger partial charge is 0.266 e. The highest BCUT2D eigenvalue weighted by Crippen LogP contribution is 2.38. The summed E-state index contributed by atoms with van der Waals surface area (Å²) in [6, 6.07) is 12.8. The number of ether oxygens (including phenoxy) is 2. The summed E-state index contributed by atoms with van der Waals surface area (Å²) in [5.74, 6) is -0.0641. The van der Waals surface area contributed by atoms with Crippen molar-refractivity contribution in [3.05, 3.63) is 92.5 Å². The number of carbonyl (C=O) groups excluding carboxylic acids is 3. The van der Waals surface area contributed by atoms with Crippen LogP contribution in [-0.4, -0.2) is 30.9 Å². The van der Waals surface area contributed by atoms with E-state index in [-0.39, 0.29) is 40.0 Å². The second kappa shape index (κ2) is 8.15. The van der Waals surface area contributed by atoms with Gasteiger partial charge in [-0.2, -0.15) is 0 Å². The third kappa shape index (κ3) is 3.55. The Kier molecular flexibility index (Phi) is 5.05. The van der Waals surface area contributed by atoms with Crippen LogP contribution in [0.3, 0.4) is 0 Å². The standard InChI is InChI=1S/C26H16Cl2N2O5/c27-15-2-4-19(28)21(9-15)30-25(32)16-3-1-14(7-18(16)26(30)33)22(31)11-20-17-10-24-23(34-12-35-24)8-13(17)5-6-29-20/h1-4,7-11,29H,5-6,12H2/b20-11-. The molecule has 0 aliphatic carbocycles. The molecule has 0 atom stereocenters. The van der Waals surface area contributed by atoms with Gasteiger partial charge < -0.3 is 14.8 Å². The zero-order chi connectivity index (χ0) is 24.3. The number of fused-ring (bicyclic) bond motifs is 3. The number of rotatable bonds is 3. The Labute approximate surface area is 209 Å². The van der Waals surface area contributed by atoms with Crippen molar-refractivity contribution in [1.29, 1.82) is 0 Å². The van der Waals surface area contributed by atoms with Gasteiger partial charge in [0.1, 0.15) is 0 Å². The first kappa shape index (κ1) is 21.7. The quantitative estimate of drug-likeness (QED) is 0.309. The van der Waals surface area contributed by atoms with Crippen LogP contribution in [-0.2, 0) is 6.42 Å². The molecule has 35 heavy (non-hydrogen) atoms. The van der Waals surface area contributed by atoms with E-state index in [1.165, 1.54) is 36.4 Å². The van der Waals surface area contributed by atoms with Gasteiger partial charge >= 0.3 is 0 Å². The Morgan fingerprint density at radius 2 is 1.69 bits per heavy atom. The number of carbonyl (C=O) groups is 3. The summed E-state index contributed by atoms with van der Waals surface area (Å²) in [5.41, 5.74) is 3.39. The van der Waals surface area contributed by atoms with E-state index in [0.29, 0.717) is 28.8 Å². The summed E-state index contributed by atoms with van der Waals surface area (Å²) >= 11 is 12.3. The summed E-state index contributed by atoms with van der Waals surface area (Å²) in [6.45, 7) is 0.835. The maximum absolute atomic E-state index is 13.2. The number of nitrogens with one attached hydrogen (secondary N) is 1. The molecule has 9 heteroatoms. The molecule has 1 N–H and O–H groups in total. The van der Waals surface area contributed by atoms with Gasteiger partial charge in [-0.25, -0.2) is 4.90 Å². The van der Waals surface area contributed by atoms with Crippen molar-refractivity contribution in [2.45, 2.75) is 6.42 Å². The van der Waals surface area contributed by atoms with Crippen molar-refractivity contribution < 1.29 is 23.9 Å². The molecule has 6 rings (SSSR count). The third-order valence-electron chi connectivity index (χ3n) is 6.19. The first-order chi connectivity index (χ1) is 16.9. The molecule has 0 fully saturated rings. The number of allylic oxidation sites excluding steroid dienone is 1. The van der Waals surface area contributed by atoms with Gasteiger partial charge in [0, 0.05) is 34.5 Å². The van der Waals surface area contributed by atoms with Crippen molar-refractivity contribution in [3.63, 3.8) is 0 Å². The summed E-state index contributed by atoms with van der Waals surface area (Å²) in [6.07, 6.45) is 2.28. The SMILES string of the molecule is O=C(/C=C1\NCCc2cc3c(cc21)OCO3)c1ccc2c(c1)C(=O)N(c1cc(Cl)ccc1Cl)C2=O. The van der Waals surface area contributed by atoms with Crippen LogP contribution in [0.15, 0.2) is 54.6 Å². The second-order valence-corrected chi connectivity index (χ2v) is 9.11. The van der Waals surface area contributed by atoms with Crippen LogP contribution < -0.4 is 19.7 Å². The molecule has 0 spiro atoms. The lowest BCUT2D eigenvalue weighted by Gasteiger charge is -2.21. The Bertz CT molecular complexity index is 1500. The lowest BCUT2D eigenvalue weighted by atomic mass is 9.95. The molecule has 0 radical (unpaired) electrons. The van der Waals surface area contributed by atoms with E-state index < -0.39 is 11.8 Å². The molecule has 3 aromatic carbocycles. The van der Waals surface area contributed by atoms with Gasteiger partial charge in [0.05, 0.1) is 21.8 Å². The fourth-order valence-electron chi connectivity index (χ4n) is 4.48. The average Bonchev–Trinajstić information content (AvgIpc) is 3.41. The summed E-state index contributed by atoms with van der Waals surface area (Å²) < 4.78 is 10.9. The molecular weight excluding hydrogens is 491 g/mol. The van der Waals surface area contributed by atoms with E-state index in [2.05, 4.69) is 5.32 Å². The zero-order valence-electron chi connectivity index (χ0n) is 18.1. The Morgan fingerprint density at radius 1 is 0.914 bits per heavy atom. The van der Waals surface area contributed by atoms with Crippen molar-refractivity contribution in [2.75, 3.05) is 18.2 Å². The van der Waals surface area contributed by atoms with E-state index in [1.807, 2.05) is 12.1 Å². The number of nitrogens with zero attached hydrogens (tertiary/aromatic N) is 1. The predicted octanol–water partition coefficient (Wildman–Crippen LogP) is 4.89. The van der Waals surface area contributed by atoms with Crippen molar-refractivity contribution in [1.82, 2.24) is 5.32 Å². The van der Waals surface area contributed by atoms with Gasteiger partial charge in [0.25, 0.3) is 11.8 Å². The van der Waals surface area contributed by atoms with Crippen molar-refractivity contribution in [3.8, 4) is 11.5 Å². The van der Waals surface area contributed by atoms with Gasteiger partial charge in [-0.1, -0.05) is 29.3 Å². The van der Waals surface area contributed by atoms with Crippen LogP contribution in [0.5, 0.6) is 11.5 Å². The largest absolute Gasteiger partial charge is 0.454 e. The number of benzene rings is 3. The minimum Gasteiger partial charge on any atom is -0.454 e. The molecule has 3 heterocycles. The number of hydrogen-bond acceptors (Lipinski definition) is 6. The van der Waals surface area contributed by atoms with Gasteiger partial charge in [0.15, 0.2) is 17.3 Å². The lowest BCUT2D eigenvalue weighted by molar-refractivity contribution is 0.0925. The second-order valence-electron chi connectivity index (χ2n) is 8.26. The molecule has 0 saturated carbocycles. The molecule has 174 valence electrons. The predicted molar refractivity (Wildman–Crippen MR) is 131 cm³/mol. The summed E-state index contributed by atoms with van der Waals surface area (Å²) in [4.78, 5) is 40.3. The Hall–Kier alpha value is -3.81. The van der Waals surface area contributed by atoms with Crippen LogP contribution in [0.4, 0.5) is 5.69 Å². The highest BCUT2D eigenvalue weighted by molar-refractivity contribution is 6.41. The van der Waals surface area contributed by atoms with E-state index in [4.69, 9.17) is 32.7 Å². The fourth-order valence-corrected chi connectivity index (χ4v) is 4.85. The minimum atomic E-state index is -0.565. The maximum Gasteiger partial charge on any atom is 0.266 e. The molecule has 0 unspecified atom stereocenters. The molecule has 0 saturated heterocycles. The Morgan fingerprint density at radius 3 is 2.51 bits per heavy atom. The molecule has 0 aromatic heterocycles. The number of amides is 2. The van der Waals surface area contributed by atoms with Crippen LogP contribution in [0, 0.1) is 0 Å². The maximum atomic E-state index is 13.2. The third-order valence-corrected chi connectivity index (χ3v) is 6.75. The molecule has 3 aliphatic heterocycles. The normalized spacial score (nSPS) is 16.9. The van der Waals surface area contributed by atoms with Crippen LogP contribution in [0.1, 0.15) is 42.2 Å². The van der Waals surface area contributed by atoms with Gasteiger partial charge in [0.2, 0.25) is 6.79 Å². The van der Waals surface area contributed by atoms with Crippen LogP contribution in [0.2, 0.25) is 10.0 Å². The van der Waals surface area contributed by atoms with Crippen LogP contribution >= 0.6 is 23.2 Å². The molecule has 0 bridgehead atoms. The summed E-state index contributed by atoms with van der Waals surface area (Å²) in [5, 5.41) is 3.82. The number of anilines is 1. The highest BCUT2D eigenvalue weighted by Gasteiger charge is 2.38. The lowest BCUT2D eigenvalue weighted by Crippen LogP contribution is -2.29. The van der Waals surface area contributed by atoms with Crippen molar-refractivity contribution >= 4 is 52.2 Å². The van der Waals surface area contributed by atoms with Gasteiger partial charge in [-0.05, 0) is 54.4 Å². The van der Waals surface area contributed by atoms with E-state index in [1.54, 1.807) is 6.07 Å². The Balaban J connectivity index is 1.34. The monoisotopic (exact) mass is 506 g/mol. The minimum absolute atomic E-state index is 0.135. The first-order valence-corrected chi connectivity index (χ1v) is 11.6. The summed E-state index contributed by atoms with van der Waals surface area (Å²) in [7, 11) is 0. The fraction of sp³-hybridized carbons (Fsp3) is 0.115. The molecule has 3 aliphatic rings. The first-order valence-electron chi connectivity index (χ1n) is 10.8. The van der Waals surface area contributed by atoms with Gasteiger partial charge in [-0.3, -0.25) is 14.4 Å². The average molecular weight is 507 g/mol. The van der Waals surface area contributed by atoms with Gasteiger partial charge in [-0.15, -0.1) is 0 Å². The molecular formula is C26H16Cl2N2O5. The van der Waals surface area contributed by atoms with E-state index in [0.717, 1.165) is 22.4 Å². The van der Waals surface area contributed by atoms with Crippen LogP contribution in [0.25, 0.3) is 5.70 Å². The topological polar surface area (TPSA) is 84.9 Å². The zero-order valence-corrected chi connectivity index (χ0v) is 19.6. The number of halogens is 2. The van der Waals surface area contributed by atoms with E-state index >= 15 is 0 Å². The number of imide groups is 1. The molecule has 3 aromatic rings. The number of hydrogen-bond donors (Lipinski definition) is 1. The van der Waals surface area contributed by atoms with E-state index in [9.17, 15) is 14.4 Å². The highest BCUT2D eigenvalue weighted by atomic mass is 35.5. The van der Waals surface area contributed by atoms with Crippen molar-refractivity contribution in [2.24, 2.45) is 0 Å². The molecule has 7 nitrogen and oxygen atoms in total. The molecule has 2 amide bonds.